The highest BCUT2D eigenvalue weighted by Gasteiger charge is 2.62. The predicted octanol–water partition coefficient (Wildman–Crippen LogP) is 3.03. The number of methoxy groups -OCH3 is 1. The molecule has 0 saturated heterocycles. The van der Waals surface area contributed by atoms with Crippen LogP contribution < -0.4 is 15.8 Å². The number of rotatable bonds is 6. The van der Waals surface area contributed by atoms with Crippen molar-refractivity contribution >= 4 is 34.2 Å². The van der Waals surface area contributed by atoms with E-state index in [2.05, 4.69) is 21.2 Å². The molecule has 0 bridgehead atoms. The summed E-state index contributed by atoms with van der Waals surface area (Å²) in [5.74, 6) is 0.625. The molecule has 7 heteroatoms. The van der Waals surface area contributed by atoms with Crippen LogP contribution in [0.5, 0.6) is 5.75 Å². The fraction of sp³-hybridized carbons (Fsp3) is 0.588. The minimum atomic E-state index is -0.892. The Balaban J connectivity index is 0.00000288. The molecule has 136 valence electrons. The third-order valence-corrected chi connectivity index (χ3v) is 5.52. The Hall–Kier alpha value is -0.820. The highest BCUT2D eigenvalue weighted by atomic mass is 79.9. The van der Waals surface area contributed by atoms with Gasteiger partial charge in [0.25, 0.3) is 0 Å². The molecule has 0 aromatic heterocycles. The zero-order chi connectivity index (χ0) is 17.3. The number of benzene rings is 1. The fourth-order valence-electron chi connectivity index (χ4n) is 2.98. The maximum Gasteiger partial charge on any atom is 0.241 e. The molecule has 1 saturated carbocycles. The van der Waals surface area contributed by atoms with Crippen LogP contribution in [-0.2, 0) is 16.1 Å². The van der Waals surface area contributed by atoms with Gasteiger partial charge in [0.1, 0.15) is 11.3 Å². The Kier molecular flexibility index (Phi) is 7.11. The Morgan fingerprint density at radius 3 is 2.62 bits per heavy atom. The summed E-state index contributed by atoms with van der Waals surface area (Å²) in [6.07, 6.45) is 0.574. The summed E-state index contributed by atoms with van der Waals surface area (Å²) in [4.78, 5) is 12.6. The summed E-state index contributed by atoms with van der Waals surface area (Å²) in [5.41, 5.74) is 6.07. The lowest BCUT2D eigenvalue weighted by molar-refractivity contribution is -0.170. The van der Waals surface area contributed by atoms with Crippen molar-refractivity contribution in [2.75, 3.05) is 13.7 Å². The maximum atomic E-state index is 12.6. The molecular formula is C17H26BrClN2O3. The van der Waals surface area contributed by atoms with E-state index in [1.165, 1.54) is 0 Å². The third-order valence-electron chi connectivity index (χ3n) is 4.90. The molecule has 2 atom stereocenters. The van der Waals surface area contributed by atoms with Gasteiger partial charge in [-0.05, 0) is 40.5 Å². The van der Waals surface area contributed by atoms with E-state index < -0.39 is 5.54 Å². The van der Waals surface area contributed by atoms with Gasteiger partial charge in [0, 0.05) is 25.0 Å². The number of amides is 1. The predicted molar refractivity (Wildman–Crippen MR) is 101 cm³/mol. The van der Waals surface area contributed by atoms with Crippen molar-refractivity contribution in [1.82, 2.24) is 5.32 Å². The standard InChI is InChI=1S/C17H25BrN2O3.ClH/c1-5-23-14-9-17(19,16(14,2)3)15(21)20-10-11-6-7-13(22-4)12(18)8-11;/h6-8,14H,5,9-10,19H2,1-4H3,(H,20,21);1H. The lowest BCUT2D eigenvalue weighted by Gasteiger charge is -2.57. The lowest BCUT2D eigenvalue weighted by Crippen LogP contribution is -2.75. The van der Waals surface area contributed by atoms with Gasteiger partial charge in [-0.2, -0.15) is 0 Å². The summed E-state index contributed by atoms with van der Waals surface area (Å²) in [6, 6.07) is 5.71. The number of nitrogens with one attached hydrogen (secondary N) is 1. The van der Waals surface area contributed by atoms with Gasteiger partial charge >= 0.3 is 0 Å². The van der Waals surface area contributed by atoms with E-state index in [1.807, 2.05) is 39.0 Å². The number of ether oxygens (including phenoxy) is 2. The van der Waals surface area contributed by atoms with Crippen LogP contribution in [-0.4, -0.2) is 31.3 Å². The molecule has 5 nitrogen and oxygen atoms in total. The van der Waals surface area contributed by atoms with Crippen LogP contribution in [0.2, 0.25) is 0 Å². The molecule has 1 aliphatic carbocycles. The molecule has 2 unspecified atom stereocenters. The second-order valence-corrected chi connectivity index (χ2v) is 7.35. The summed E-state index contributed by atoms with van der Waals surface area (Å²) >= 11 is 3.44. The molecule has 24 heavy (non-hydrogen) atoms. The molecular weight excluding hydrogens is 396 g/mol. The van der Waals surface area contributed by atoms with Crippen molar-refractivity contribution < 1.29 is 14.3 Å². The quantitative estimate of drug-likeness (QED) is 0.740. The van der Waals surface area contributed by atoms with Crippen LogP contribution in [0.4, 0.5) is 0 Å². The van der Waals surface area contributed by atoms with Crippen LogP contribution >= 0.6 is 28.3 Å². The highest BCUT2D eigenvalue weighted by molar-refractivity contribution is 9.10. The zero-order valence-electron chi connectivity index (χ0n) is 14.5. The van der Waals surface area contributed by atoms with Gasteiger partial charge in [-0.1, -0.05) is 19.9 Å². The van der Waals surface area contributed by atoms with E-state index in [9.17, 15) is 4.79 Å². The van der Waals surface area contributed by atoms with Gasteiger partial charge in [0.2, 0.25) is 5.91 Å². The first kappa shape index (κ1) is 21.2. The number of halogens is 2. The molecule has 1 aromatic rings. The van der Waals surface area contributed by atoms with Gasteiger partial charge in [-0.3, -0.25) is 4.79 Å². The summed E-state index contributed by atoms with van der Waals surface area (Å²) < 4.78 is 11.7. The van der Waals surface area contributed by atoms with Crippen molar-refractivity contribution in [1.29, 1.82) is 0 Å². The van der Waals surface area contributed by atoms with Gasteiger partial charge in [0.05, 0.1) is 17.7 Å². The van der Waals surface area contributed by atoms with Crippen LogP contribution in [0.1, 0.15) is 32.8 Å². The molecule has 0 heterocycles. The molecule has 1 aliphatic rings. The molecule has 1 amide bonds. The van der Waals surface area contributed by atoms with Crippen LogP contribution in [0.3, 0.4) is 0 Å². The van der Waals surface area contributed by atoms with Crippen molar-refractivity contribution in [3.05, 3.63) is 28.2 Å². The fourth-order valence-corrected chi connectivity index (χ4v) is 3.57. The van der Waals surface area contributed by atoms with Crippen LogP contribution in [0.25, 0.3) is 0 Å². The van der Waals surface area contributed by atoms with E-state index in [0.29, 0.717) is 19.6 Å². The normalized spacial score (nSPS) is 24.5. The summed E-state index contributed by atoms with van der Waals surface area (Å²) in [7, 11) is 1.62. The number of hydrogen-bond donors (Lipinski definition) is 2. The third kappa shape index (κ3) is 3.72. The molecule has 0 spiro atoms. The van der Waals surface area contributed by atoms with Crippen LogP contribution in [0, 0.1) is 5.41 Å². The molecule has 1 fully saturated rings. The highest BCUT2D eigenvalue weighted by Crippen LogP contribution is 2.49. The second-order valence-electron chi connectivity index (χ2n) is 6.49. The van der Waals surface area contributed by atoms with Gasteiger partial charge in [-0.25, -0.2) is 0 Å². The maximum absolute atomic E-state index is 12.6. The van der Waals surface area contributed by atoms with E-state index in [4.69, 9.17) is 15.2 Å². The zero-order valence-corrected chi connectivity index (χ0v) is 16.9. The minimum absolute atomic E-state index is 0. The average molecular weight is 422 g/mol. The Morgan fingerprint density at radius 2 is 2.12 bits per heavy atom. The molecule has 3 N–H and O–H groups in total. The monoisotopic (exact) mass is 420 g/mol. The van der Waals surface area contributed by atoms with Gasteiger partial charge in [-0.15, -0.1) is 12.4 Å². The largest absolute Gasteiger partial charge is 0.496 e. The Labute approximate surface area is 158 Å². The molecule has 0 aliphatic heterocycles. The topological polar surface area (TPSA) is 73.6 Å². The van der Waals surface area contributed by atoms with E-state index in [0.717, 1.165) is 15.8 Å². The van der Waals surface area contributed by atoms with E-state index in [1.54, 1.807) is 7.11 Å². The summed E-state index contributed by atoms with van der Waals surface area (Å²) in [6.45, 7) is 6.98. The summed E-state index contributed by atoms with van der Waals surface area (Å²) in [5, 5.41) is 2.94. The van der Waals surface area contributed by atoms with Crippen LogP contribution in [0.15, 0.2) is 22.7 Å². The van der Waals surface area contributed by atoms with E-state index in [-0.39, 0.29) is 29.8 Å². The Morgan fingerprint density at radius 1 is 1.46 bits per heavy atom. The van der Waals surface area contributed by atoms with Crippen molar-refractivity contribution in [3.8, 4) is 5.75 Å². The number of carbonyl (C=O) groups excluding carboxylic acids is 1. The molecule has 1 aromatic carbocycles. The first-order valence-electron chi connectivity index (χ1n) is 7.77. The van der Waals surface area contributed by atoms with E-state index >= 15 is 0 Å². The first-order valence-corrected chi connectivity index (χ1v) is 8.56. The second kappa shape index (κ2) is 8.04. The number of hydrogen-bond acceptors (Lipinski definition) is 4. The van der Waals surface area contributed by atoms with Crippen molar-refractivity contribution in [3.63, 3.8) is 0 Å². The molecule has 2 rings (SSSR count). The lowest BCUT2D eigenvalue weighted by atomic mass is 9.54. The number of carbonyl (C=O) groups is 1. The molecule has 0 radical (unpaired) electrons. The Bertz CT molecular complexity index is 597. The number of nitrogens with two attached hydrogens (primary N) is 1. The first-order chi connectivity index (χ1) is 10.8. The van der Waals surface area contributed by atoms with Gasteiger partial charge < -0.3 is 20.5 Å². The smallest absolute Gasteiger partial charge is 0.241 e. The van der Waals surface area contributed by atoms with Crippen molar-refractivity contribution in [2.24, 2.45) is 11.1 Å². The van der Waals surface area contributed by atoms with Gasteiger partial charge in [0.15, 0.2) is 0 Å². The van der Waals surface area contributed by atoms with Crippen molar-refractivity contribution in [2.45, 2.75) is 45.4 Å². The minimum Gasteiger partial charge on any atom is -0.496 e. The SMILES string of the molecule is CCOC1CC(N)(C(=O)NCc2ccc(OC)c(Br)c2)C1(C)C.Cl. The average Bonchev–Trinajstić information content (AvgIpc) is 2.52.